The molecule has 0 saturated heterocycles. The molecule has 4 rings (SSSR count). The molecular weight excluding hydrogens is 260 g/mol. The van der Waals surface area contributed by atoms with Crippen molar-refractivity contribution in [3.8, 4) is 17.3 Å². The number of fused-ring (bicyclic) bond motifs is 3. The van der Waals surface area contributed by atoms with Crippen molar-refractivity contribution in [3.05, 3.63) is 66.5 Å². The van der Waals surface area contributed by atoms with Gasteiger partial charge in [-0.1, -0.05) is 24.3 Å². The molecule has 0 radical (unpaired) electrons. The van der Waals surface area contributed by atoms with Crippen LogP contribution in [0.4, 0.5) is 0 Å². The summed E-state index contributed by atoms with van der Waals surface area (Å²) in [5.41, 5.74) is 5.15. The van der Waals surface area contributed by atoms with E-state index in [1.54, 1.807) is 12.3 Å². The van der Waals surface area contributed by atoms with E-state index in [4.69, 9.17) is 5.26 Å². The number of imidazole rings is 1. The predicted molar refractivity (Wildman–Crippen MR) is 80.6 cm³/mol. The van der Waals surface area contributed by atoms with Crippen molar-refractivity contribution >= 4 is 16.7 Å². The smallest absolute Gasteiger partial charge is 0.156 e. The maximum atomic E-state index is 9.00. The standard InChI is InChI=1S/C17H10N4/c18-9-12-4-3-5-13(8-12)15-11-21-16-7-2-1-6-14(16)19-10-17(21)20-15/h1-8,10-11H. The lowest BCUT2D eigenvalue weighted by atomic mass is 10.1. The fraction of sp³-hybridized carbons (Fsp3) is 0. The van der Waals surface area contributed by atoms with Gasteiger partial charge in [0.05, 0.1) is 34.6 Å². The minimum Gasteiger partial charge on any atom is -0.296 e. The minimum atomic E-state index is 0.632. The number of nitriles is 1. The second-order valence-electron chi connectivity index (χ2n) is 4.79. The van der Waals surface area contributed by atoms with Crippen LogP contribution >= 0.6 is 0 Å². The highest BCUT2D eigenvalue weighted by molar-refractivity contribution is 5.78. The average Bonchev–Trinajstić information content (AvgIpc) is 2.99. The molecule has 4 heteroatoms. The molecule has 4 aromatic rings. The number of aromatic nitrogens is 3. The van der Waals surface area contributed by atoms with Crippen LogP contribution in [0.3, 0.4) is 0 Å². The zero-order valence-corrected chi connectivity index (χ0v) is 11.1. The van der Waals surface area contributed by atoms with Crippen LogP contribution in [0.5, 0.6) is 0 Å². The van der Waals surface area contributed by atoms with E-state index < -0.39 is 0 Å². The summed E-state index contributed by atoms with van der Waals surface area (Å²) in [4.78, 5) is 9.01. The molecule has 0 N–H and O–H groups in total. The van der Waals surface area contributed by atoms with Crippen molar-refractivity contribution in [2.24, 2.45) is 0 Å². The summed E-state index contributed by atoms with van der Waals surface area (Å²) in [5, 5.41) is 9.00. The van der Waals surface area contributed by atoms with E-state index in [1.165, 1.54) is 0 Å². The lowest BCUT2D eigenvalue weighted by molar-refractivity contribution is 1.21. The molecule has 0 aliphatic carbocycles. The van der Waals surface area contributed by atoms with Gasteiger partial charge >= 0.3 is 0 Å². The molecule has 2 aromatic carbocycles. The molecule has 0 aliphatic rings. The van der Waals surface area contributed by atoms with Crippen LogP contribution in [0.25, 0.3) is 27.9 Å². The molecule has 21 heavy (non-hydrogen) atoms. The lowest BCUT2D eigenvalue weighted by Gasteiger charge is -1.99. The summed E-state index contributed by atoms with van der Waals surface area (Å²) >= 11 is 0. The van der Waals surface area contributed by atoms with Gasteiger partial charge in [0.15, 0.2) is 5.65 Å². The van der Waals surface area contributed by atoms with Crippen LogP contribution in [-0.2, 0) is 0 Å². The zero-order valence-electron chi connectivity index (χ0n) is 11.1. The Kier molecular flexibility index (Phi) is 2.45. The number of nitrogens with zero attached hydrogens (tertiary/aromatic N) is 4. The molecule has 0 fully saturated rings. The minimum absolute atomic E-state index is 0.632. The van der Waals surface area contributed by atoms with E-state index in [0.29, 0.717) is 5.56 Å². The first kappa shape index (κ1) is 11.6. The van der Waals surface area contributed by atoms with Gasteiger partial charge in [-0.2, -0.15) is 5.26 Å². The second-order valence-corrected chi connectivity index (χ2v) is 4.79. The van der Waals surface area contributed by atoms with Crippen molar-refractivity contribution in [2.75, 3.05) is 0 Å². The Morgan fingerprint density at radius 2 is 1.95 bits per heavy atom. The first-order valence-electron chi connectivity index (χ1n) is 6.58. The number of hydrogen-bond acceptors (Lipinski definition) is 3. The van der Waals surface area contributed by atoms with Crippen molar-refractivity contribution in [3.63, 3.8) is 0 Å². The molecule has 98 valence electrons. The SMILES string of the molecule is N#Cc1cccc(-c2cn3c(cnc4ccccc43)n2)c1. The predicted octanol–water partition coefficient (Wildman–Crippen LogP) is 3.42. The van der Waals surface area contributed by atoms with E-state index >= 15 is 0 Å². The number of para-hydroxylation sites is 2. The maximum absolute atomic E-state index is 9.00. The summed E-state index contributed by atoms with van der Waals surface area (Å²) in [6.45, 7) is 0. The quantitative estimate of drug-likeness (QED) is 0.532. The van der Waals surface area contributed by atoms with Gasteiger partial charge in [-0.05, 0) is 24.3 Å². The third-order valence-electron chi connectivity index (χ3n) is 3.48. The Morgan fingerprint density at radius 1 is 1.05 bits per heavy atom. The highest BCUT2D eigenvalue weighted by atomic mass is 15.0. The normalized spacial score (nSPS) is 10.8. The van der Waals surface area contributed by atoms with Crippen molar-refractivity contribution in [1.82, 2.24) is 14.4 Å². The summed E-state index contributed by atoms with van der Waals surface area (Å²) < 4.78 is 2.02. The fourth-order valence-electron chi connectivity index (χ4n) is 2.47. The largest absolute Gasteiger partial charge is 0.296 e. The second kappa shape index (κ2) is 4.43. The van der Waals surface area contributed by atoms with Crippen molar-refractivity contribution in [2.45, 2.75) is 0 Å². The molecule has 2 aromatic heterocycles. The highest BCUT2D eigenvalue weighted by Gasteiger charge is 2.07. The Bertz CT molecular complexity index is 1010. The topological polar surface area (TPSA) is 54.0 Å². The van der Waals surface area contributed by atoms with Crippen LogP contribution in [0, 0.1) is 11.3 Å². The monoisotopic (exact) mass is 270 g/mol. The Hall–Kier alpha value is -3.19. The molecule has 0 saturated carbocycles. The molecular formula is C17H10N4. The molecule has 4 nitrogen and oxygen atoms in total. The van der Waals surface area contributed by atoms with E-state index in [9.17, 15) is 0 Å². The summed E-state index contributed by atoms with van der Waals surface area (Å²) in [7, 11) is 0. The molecule has 0 amide bonds. The van der Waals surface area contributed by atoms with E-state index in [2.05, 4.69) is 16.0 Å². The third-order valence-corrected chi connectivity index (χ3v) is 3.48. The maximum Gasteiger partial charge on any atom is 0.156 e. The van der Waals surface area contributed by atoms with Gasteiger partial charge in [-0.3, -0.25) is 9.38 Å². The van der Waals surface area contributed by atoms with Crippen molar-refractivity contribution in [1.29, 1.82) is 5.26 Å². The van der Waals surface area contributed by atoms with Crippen molar-refractivity contribution < 1.29 is 0 Å². The van der Waals surface area contributed by atoms with Gasteiger partial charge in [0.1, 0.15) is 0 Å². The Labute approximate surface area is 120 Å². The van der Waals surface area contributed by atoms with Gasteiger partial charge in [0.2, 0.25) is 0 Å². The number of hydrogen-bond donors (Lipinski definition) is 0. The molecule has 2 heterocycles. The third kappa shape index (κ3) is 1.84. The van der Waals surface area contributed by atoms with Crippen LogP contribution in [0.1, 0.15) is 5.56 Å². The van der Waals surface area contributed by atoms with Crippen LogP contribution < -0.4 is 0 Å². The molecule has 0 atom stereocenters. The van der Waals surface area contributed by atoms with E-state index in [1.807, 2.05) is 53.1 Å². The summed E-state index contributed by atoms with van der Waals surface area (Å²) in [6, 6.07) is 17.6. The Morgan fingerprint density at radius 3 is 2.86 bits per heavy atom. The van der Waals surface area contributed by atoms with Crippen LogP contribution in [-0.4, -0.2) is 14.4 Å². The Balaban J connectivity index is 1.98. The van der Waals surface area contributed by atoms with Gasteiger partial charge in [-0.25, -0.2) is 4.98 Å². The summed E-state index contributed by atoms with van der Waals surface area (Å²) in [6.07, 6.45) is 3.75. The van der Waals surface area contributed by atoms with E-state index in [0.717, 1.165) is 27.9 Å². The molecule has 0 spiro atoms. The first-order valence-corrected chi connectivity index (χ1v) is 6.58. The molecule has 0 bridgehead atoms. The number of rotatable bonds is 1. The first-order chi connectivity index (χ1) is 10.3. The number of benzene rings is 2. The summed E-state index contributed by atoms with van der Waals surface area (Å²) in [5.74, 6) is 0. The zero-order chi connectivity index (χ0) is 14.2. The fourth-order valence-corrected chi connectivity index (χ4v) is 2.47. The van der Waals surface area contributed by atoms with E-state index in [-0.39, 0.29) is 0 Å². The average molecular weight is 270 g/mol. The van der Waals surface area contributed by atoms with Crippen LogP contribution in [0.15, 0.2) is 60.9 Å². The molecule has 0 aliphatic heterocycles. The highest BCUT2D eigenvalue weighted by Crippen LogP contribution is 2.22. The van der Waals surface area contributed by atoms with Gasteiger partial charge < -0.3 is 0 Å². The van der Waals surface area contributed by atoms with Crippen LogP contribution in [0.2, 0.25) is 0 Å². The van der Waals surface area contributed by atoms with Gasteiger partial charge in [0, 0.05) is 11.8 Å². The lowest BCUT2D eigenvalue weighted by Crippen LogP contribution is -1.88. The van der Waals surface area contributed by atoms with Gasteiger partial charge in [0.25, 0.3) is 0 Å². The molecule has 0 unspecified atom stereocenters. The van der Waals surface area contributed by atoms with Gasteiger partial charge in [-0.15, -0.1) is 0 Å².